The Hall–Kier alpha value is -0.910. The van der Waals surface area contributed by atoms with Gasteiger partial charge in [0, 0.05) is 15.9 Å². The van der Waals surface area contributed by atoms with Crippen molar-refractivity contribution in [2.45, 2.75) is 0 Å². The lowest BCUT2D eigenvalue weighted by Crippen LogP contribution is -2.00. The lowest BCUT2D eigenvalue weighted by Gasteiger charge is -1.87. The van der Waals surface area contributed by atoms with Crippen LogP contribution < -0.4 is 0 Å². The van der Waals surface area contributed by atoms with Crippen LogP contribution in [0.4, 0.5) is 0 Å². The van der Waals surface area contributed by atoms with Crippen molar-refractivity contribution < 1.29 is 13.9 Å². The molecule has 0 bridgehead atoms. The van der Waals surface area contributed by atoms with E-state index in [0.29, 0.717) is 0 Å². The first-order valence-corrected chi connectivity index (χ1v) is 3.10. The molecule has 0 saturated carbocycles. The molecule has 0 aliphatic heterocycles. The van der Waals surface area contributed by atoms with Gasteiger partial charge in [-0.15, -0.1) is 5.10 Å². The summed E-state index contributed by atoms with van der Waals surface area (Å²) in [6, 6.07) is 0. The summed E-state index contributed by atoms with van der Waals surface area (Å²) >= 11 is 2.88. The van der Waals surface area contributed by atoms with E-state index in [0.717, 1.165) is 0 Å². The molecule has 1 heterocycles. The van der Waals surface area contributed by atoms with Crippen molar-refractivity contribution in [3.63, 3.8) is 0 Å². The number of carbonyl (C=O) groups excluding carboxylic acids is 1. The van der Waals surface area contributed by atoms with Crippen molar-refractivity contribution in [3.05, 3.63) is 10.7 Å². The number of carbonyl (C=O) groups is 1. The molecule has 5 nitrogen and oxygen atoms in total. The molecule has 1 aromatic heterocycles. The van der Waals surface area contributed by atoms with E-state index in [1.807, 2.05) is 0 Å². The topological polar surface area (TPSA) is 65.2 Å². The van der Waals surface area contributed by atoms with Gasteiger partial charge in [0.1, 0.15) is 0 Å². The van der Waals surface area contributed by atoms with E-state index < -0.39 is 5.97 Å². The summed E-state index contributed by atoms with van der Waals surface area (Å²) in [5, 5.41) is 6.73. The number of hydrogen-bond donors (Lipinski definition) is 0. The molecule has 0 N–H and O–H groups in total. The van der Waals surface area contributed by atoms with E-state index in [-0.39, 0.29) is 10.7 Å². The van der Waals surface area contributed by atoms with Gasteiger partial charge in [-0.2, -0.15) is 0 Å². The van der Waals surface area contributed by atoms with Gasteiger partial charge in [-0.1, -0.05) is 5.10 Å². The summed E-state index contributed by atoms with van der Waals surface area (Å²) in [6.07, 6.45) is 0. The van der Waals surface area contributed by atoms with E-state index in [1.54, 1.807) is 0 Å². The van der Waals surface area contributed by atoms with Gasteiger partial charge in [0.25, 0.3) is 4.80 Å². The van der Waals surface area contributed by atoms with E-state index in [4.69, 9.17) is 0 Å². The number of hydrogen-bond acceptors (Lipinski definition) is 5. The third kappa shape index (κ3) is 1.32. The van der Waals surface area contributed by atoms with Crippen molar-refractivity contribution in [3.8, 4) is 0 Å². The Morgan fingerprint density at radius 2 is 2.40 bits per heavy atom. The number of aromatic nitrogens is 2. The third-order valence-electron chi connectivity index (χ3n) is 0.760. The first kappa shape index (κ1) is 7.20. The second-order valence-corrected chi connectivity index (χ2v) is 2.03. The van der Waals surface area contributed by atoms with Crippen LogP contribution in [0.1, 0.15) is 10.7 Å². The maximum absolute atomic E-state index is 10.6. The van der Waals surface area contributed by atoms with Crippen LogP contribution in [0, 0.1) is 0 Å². The van der Waals surface area contributed by atoms with Crippen LogP contribution in [0.25, 0.3) is 0 Å². The van der Waals surface area contributed by atoms with Gasteiger partial charge in [-0.25, -0.2) is 4.79 Å². The molecule has 54 valence electrons. The fourth-order valence-electron chi connectivity index (χ4n) is 0.375. The van der Waals surface area contributed by atoms with Gasteiger partial charge >= 0.3 is 11.9 Å². The zero-order valence-electron chi connectivity index (χ0n) is 5.00. The summed E-state index contributed by atoms with van der Waals surface area (Å²) in [5.41, 5.74) is 0. The first-order valence-electron chi connectivity index (χ1n) is 2.31. The second-order valence-electron chi connectivity index (χ2n) is 1.35. The van der Waals surface area contributed by atoms with E-state index in [1.165, 1.54) is 7.11 Å². The van der Waals surface area contributed by atoms with Crippen LogP contribution in [0.5, 0.6) is 0 Å². The zero-order valence-corrected chi connectivity index (χ0v) is 6.58. The lowest BCUT2D eigenvalue weighted by molar-refractivity contribution is 0.0554. The number of esters is 1. The lowest BCUT2D eigenvalue weighted by atomic mass is 10.7. The normalized spacial score (nSPS) is 9.40. The molecule has 0 spiro atoms. The van der Waals surface area contributed by atoms with Gasteiger partial charge in [0.05, 0.1) is 7.11 Å². The Morgan fingerprint density at radius 3 is 2.80 bits per heavy atom. The van der Waals surface area contributed by atoms with E-state index in [2.05, 4.69) is 35.3 Å². The molecule has 0 aliphatic rings. The molecule has 0 atom stereocenters. The average Bonchev–Trinajstić information content (AvgIpc) is 2.34. The van der Waals surface area contributed by atoms with Crippen molar-refractivity contribution >= 4 is 21.9 Å². The smallest absolute Gasteiger partial charge is 0.396 e. The van der Waals surface area contributed by atoms with E-state index >= 15 is 0 Å². The summed E-state index contributed by atoms with van der Waals surface area (Å²) < 4.78 is 8.95. The average molecular weight is 207 g/mol. The minimum absolute atomic E-state index is 0.158. The molecule has 1 aromatic rings. The summed E-state index contributed by atoms with van der Waals surface area (Å²) in [7, 11) is 1.24. The summed E-state index contributed by atoms with van der Waals surface area (Å²) in [6.45, 7) is 0. The number of rotatable bonds is 1. The molecule has 0 unspecified atom stereocenters. The Morgan fingerprint density at radius 1 is 1.70 bits per heavy atom. The number of ether oxygens (including phenoxy) is 1. The summed E-state index contributed by atoms with van der Waals surface area (Å²) in [5.74, 6) is -0.799. The maximum Gasteiger partial charge on any atom is 0.396 e. The predicted molar refractivity (Wildman–Crippen MR) is 33.3 cm³/mol. The zero-order chi connectivity index (χ0) is 7.56. The molecular formula is C4H3BrN2O3. The van der Waals surface area contributed by atoms with Crippen LogP contribution in [-0.4, -0.2) is 23.3 Å². The molecule has 1 rings (SSSR count). The highest BCUT2D eigenvalue weighted by molar-refractivity contribution is 9.10. The predicted octanol–water partition coefficient (Wildman–Crippen LogP) is 0.619. The molecule has 0 aromatic carbocycles. The largest absolute Gasteiger partial charge is 0.462 e. The molecule has 0 fully saturated rings. The van der Waals surface area contributed by atoms with Crippen molar-refractivity contribution in [1.82, 2.24) is 10.2 Å². The third-order valence-corrected chi connectivity index (χ3v) is 1.08. The molecular weight excluding hydrogens is 204 g/mol. The second kappa shape index (κ2) is 2.78. The van der Waals surface area contributed by atoms with Gasteiger partial charge in [-0.05, 0) is 0 Å². The minimum atomic E-state index is -0.641. The van der Waals surface area contributed by atoms with Gasteiger partial charge in [0.2, 0.25) is 0 Å². The maximum atomic E-state index is 10.6. The molecule has 0 radical (unpaired) electrons. The highest BCUT2D eigenvalue weighted by Crippen LogP contribution is 2.06. The van der Waals surface area contributed by atoms with Gasteiger partial charge in [0.15, 0.2) is 0 Å². The molecule has 0 saturated heterocycles. The highest BCUT2D eigenvalue weighted by Gasteiger charge is 2.12. The van der Waals surface area contributed by atoms with Gasteiger partial charge in [-0.3, -0.25) is 0 Å². The fraction of sp³-hybridized carbons (Fsp3) is 0.250. The van der Waals surface area contributed by atoms with Crippen molar-refractivity contribution in [2.24, 2.45) is 0 Å². The molecule has 6 heteroatoms. The molecule has 0 aliphatic carbocycles. The number of methoxy groups -OCH3 is 1. The highest BCUT2D eigenvalue weighted by atomic mass is 79.9. The standard InChI is InChI=1S/C4H3BrN2O3/c1-9-3(8)2-6-7-4(5)10-2/h1H3. The SMILES string of the molecule is COC(=O)c1nnc(Br)o1. The van der Waals surface area contributed by atoms with Crippen LogP contribution in [0.3, 0.4) is 0 Å². The minimum Gasteiger partial charge on any atom is -0.462 e. The van der Waals surface area contributed by atoms with Crippen molar-refractivity contribution in [1.29, 1.82) is 0 Å². The monoisotopic (exact) mass is 206 g/mol. The number of halogens is 1. The van der Waals surface area contributed by atoms with Crippen molar-refractivity contribution in [2.75, 3.05) is 7.11 Å². The van der Waals surface area contributed by atoms with Crippen LogP contribution in [0.2, 0.25) is 0 Å². The van der Waals surface area contributed by atoms with Crippen LogP contribution >= 0.6 is 15.9 Å². The Labute approximate surface area is 64.5 Å². The van der Waals surface area contributed by atoms with Gasteiger partial charge < -0.3 is 9.15 Å². The Kier molecular flexibility index (Phi) is 2.00. The summed E-state index contributed by atoms with van der Waals surface area (Å²) in [4.78, 5) is 10.7. The van der Waals surface area contributed by atoms with Crippen LogP contribution in [0.15, 0.2) is 9.22 Å². The quantitative estimate of drug-likeness (QED) is 0.631. The van der Waals surface area contributed by atoms with Crippen LogP contribution in [-0.2, 0) is 4.74 Å². The molecule has 0 amide bonds. The Bertz CT molecular complexity index is 246. The number of nitrogens with zero attached hydrogens (tertiary/aromatic N) is 2. The van der Waals surface area contributed by atoms with E-state index in [9.17, 15) is 4.79 Å². The first-order chi connectivity index (χ1) is 4.74. The Balaban J connectivity index is 2.85. The fourth-order valence-corrected chi connectivity index (χ4v) is 0.608. The molecule has 10 heavy (non-hydrogen) atoms.